The highest BCUT2D eigenvalue weighted by molar-refractivity contribution is 7.92. The Morgan fingerprint density at radius 3 is 2.28 bits per heavy atom. The van der Waals surface area contributed by atoms with E-state index in [4.69, 9.17) is 0 Å². The number of nitrogens with zero attached hydrogens (tertiary/aromatic N) is 2. The van der Waals surface area contributed by atoms with Gasteiger partial charge in [-0.1, -0.05) is 0 Å². The Hall–Kier alpha value is -1.37. The highest BCUT2D eigenvalue weighted by atomic mass is 32.2. The molecule has 0 atom stereocenters. The Balaban J connectivity index is 2.72. The first-order valence-electron chi connectivity index (χ1n) is 5.75. The van der Waals surface area contributed by atoms with Gasteiger partial charge in [-0.2, -0.15) is 0 Å². The molecule has 0 bridgehead atoms. The maximum atomic E-state index is 11.6. The van der Waals surface area contributed by atoms with E-state index in [0.29, 0.717) is 18.2 Å². The van der Waals surface area contributed by atoms with Crippen molar-refractivity contribution in [2.75, 3.05) is 30.0 Å². The fraction of sp³-hybridized carbons (Fsp3) is 0.636. The van der Waals surface area contributed by atoms with Crippen LogP contribution in [0.2, 0.25) is 0 Å². The standard InChI is InChI=1S/C11H20N4O2S/c1-5-12-9-6-10(15-8-14-9)13-7-11(2,3)18(4,16)17/h6,8H,5,7H2,1-4H3,(H2,12,13,14,15). The zero-order chi connectivity index (χ0) is 13.8. The maximum Gasteiger partial charge on any atom is 0.154 e. The minimum atomic E-state index is -3.11. The molecule has 0 amide bonds. The summed E-state index contributed by atoms with van der Waals surface area (Å²) in [4.78, 5) is 8.09. The summed E-state index contributed by atoms with van der Waals surface area (Å²) in [5.41, 5.74) is 0. The van der Waals surface area contributed by atoms with Gasteiger partial charge in [0, 0.05) is 25.4 Å². The van der Waals surface area contributed by atoms with Gasteiger partial charge in [0.15, 0.2) is 9.84 Å². The number of hydrogen-bond donors (Lipinski definition) is 2. The zero-order valence-corrected chi connectivity index (χ0v) is 12.0. The number of aromatic nitrogens is 2. The van der Waals surface area contributed by atoms with Gasteiger partial charge in [0.2, 0.25) is 0 Å². The van der Waals surface area contributed by atoms with E-state index in [0.717, 1.165) is 6.54 Å². The highest BCUT2D eigenvalue weighted by Crippen LogP contribution is 2.16. The van der Waals surface area contributed by atoms with Crippen molar-refractivity contribution in [3.05, 3.63) is 12.4 Å². The summed E-state index contributed by atoms with van der Waals surface area (Å²) in [5.74, 6) is 1.32. The van der Waals surface area contributed by atoms with E-state index in [1.165, 1.54) is 12.6 Å². The Labute approximate surface area is 108 Å². The first kappa shape index (κ1) is 14.7. The van der Waals surface area contributed by atoms with Crippen LogP contribution >= 0.6 is 0 Å². The van der Waals surface area contributed by atoms with E-state index in [9.17, 15) is 8.42 Å². The average Bonchev–Trinajstić information content (AvgIpc) is 2.26. The Bertz CT molecular complexity index is 500. The molecule has 0 radical (unpaired) electrons. The number of hydrogen-bond acceptors (Lipinski definition) is 6. The SMILES string of the molecule is CCNc1cc(NCC(C)(C)S(C)(=O)=O)ncn1. The van der Waals surface area contributed by atoms with Gasteiger partial charge in [0.1, 0.15) is 18.0 Å². The first-order chi connectivity index (χ1) is 8.26. The highest BCUT2D eigenvalue weighted by Gasteiger charge is 2.29. The first-order valence-corrected chi connectivity index (χ1v) is 7.65. The predicted molar refractivity (Wildman–Crippen MR) is 73.6 cm³/mol. The molecule has 6 nitrogen and oxygen atoms in total. The second-order valence-corrected chi connectivity index (χ2v) is 7.35. The molecule has 0 aromatic carbocycles. The molecule has 18 heavy (non-hydrogen) atoms. The van der Waals surface area contributed by atoms with E-state index >= 15 is 0 Å². The van der Waals surface area contributed by atoms with Gasteiger partial charge in [0.05, 0.1) is 4.75 Å². The molecule has 7 heteroatoms. The Morgan fingerprint density at radius 1 is 1.22 bits per heavy atom. The molecule has 0 aliphatic carbocycles. The minimum Gasteiger partial charge on any atom is -0.370 e. The molecule has 0 aliphatic rings. The monoisotopic (exact) mass is 272 g/mol. The molecule has 1 heterocycles. The predicted octanol–water partition coefficient (Wildman–Crippen LogP) is 1.14. The van der Waals surface area contributed by atoms with Gasteiger partial charge in [-0.25, -0.2) is 18.4 Å². The zero-order valence-electron chi connectivity index (χ0n) is 11.2. The fourth-order valence-corrected chi connectivity index (χ4v) is 1.50. The van der Waals surface area contributed by atoms with Crippen LogP contribution in [0.15, 0.2) is 12.4 Å². The molecule has 0 unspecified atom stereocenters. The second-order valence-electron chi connectivity index (χ2n) is 4.70. The van der Waals surface area contributed by atoms with Crippen molar-refractivity contribution in [2.45, 2.75) is 25.5 Å². The largest absolute Gasteiger partial charge is 0.370 e. The Kier molecular flexibility index (Phi) is 4.50. The molecule has 2 N–H and O–H groups in total. The molecular weight excluding hydrogens is 252 g/mol. The summed E-state index contributed by atoms with van der Waals surface area (Å²) in [6.07, 6.45) is 2.67. The smallest absolute Gasteiger partial charge is 0.154 e. The number of anilines is 2. The van der Waals surface area contributed by atoms with Crippen LogP contribution in [-0.4, -0.2) is 42.5 Å². The van der Waals surface area contributed by atoms with Crippen molar-refractivity contribution in [1.82, 2.24) is 9.97 Å². The number of rotatable bonds is 6. The summed E-state index contributed by atoms with van der Waals surface area (Å²) in [5, 5.41) is 6.09. The van der Waals surface area contributed by atoms with Crippen molar-refractivity contribution in [3.8, 4) is 0 Å². The number of sulfone groups is 1. The van der Waals surface area contributed by atoms with Gasteiger partial charge in [-0.05, 0) is 20.8 Å². The molecular formula is C11H20N4O2S. The van der Waals surface area contributed by atoms with Crippen LogP contribution in [0, 0.1) is 0 Å². The molecule has 102 valence electrons. The van der Waals surface area contributed by atoms with E-state index in [1.54, 1.807) is 19.9 Å². The molecule has 0 saturated heterocycles. The van der Waals surface area contributed by atoms with E-state index in [-0.39, 0.29) is 0 Å². The van der Waals surface area contributed by atoms with Crippen LogP contribution in [0.3, 0.4) is 0 Å². The van der Waals surface area contributed by atoms with Gasteiger partial charge in [0.25, 0.3) is 0 Å². The third kappa shape index (κ3) is 3.83. The maximum absolute atomic E-state index is 11.6. The molecule has 0 saturated carbocycles. The lowest BCUT2D eigenvalue weighted by molar-refractivity contribution is 0.559. The van der Waals surface area contributed by atoms with Gasteiger partial charge >= 0.3 is 0 Å². The Morgan fingerprint density at radius 2 is 1.78 bits per heavy atom. The number of nitrogens with one attached hydrogen (secondary N) is 2. The average molecular weight is 272 g/mol. The van der Waals surface area contributed by atoms with Crippen molar-refractivity contribution < 1.29 is 8.42 Å². The quantitative estimate of drug-likeness (QED) is 0.808. The normalized spacial score (nSPS) is 12.2. The lowest BCUT2D eigenvalue weighted by atomic mass is 10.2. The van der Waals surface area contributed by atoms with Crippen molar-refractivity contribution in [3.63, 3.8) is 0 Å². The minimum absolute atomic E-state index is 0.300. The molecule has 1 rings (SSSR count). The van der Waals surface area contributed by atoms with E-state index < -0.39 is 14.6 Å². The summed E-state index contributed by atoms with van der Waals surface area (Å²) in [6, 6.07) is 1.75. The van der Waals surface area contributed by atoms with Crippen LogP contribution in [0.25, 0.3) is 0 Å². The van der Waals surface area contributed by atoms with Crippen LogP contribution in [0.4, 0.5) is 11.6 Å². The van der Waals surface area contributed by atoms with Crippen LogP contribution in [-0.2, 0) is 9.84 Å². The van der Waals surface area contributed by atoms with Gasteiger partial charge in [-0.3, -0.25) is 0 Å². The van der Waals surface area contributed by atoms with Gasteiger partial charge < -0.3 is 10.6 Å². The lowest BCUT2D eigenvalue weighted by Crippen LogP contribution is -2.38. The molecule has 0 spiro atoms. The fourth-order valence-electron chi connectivity index (χ4n) is 1.17. The summed E-state index contributed by atoms with van der Waals surface area (Å²) < 4.78 is 22.3. The lowest BCUT2D eigenvalue weighted by Gasteiger charge is -2.23. The van der Waals surface area contributed by atoms with Gasteiger partial charge in [-0.15, -0.1) is 0 Å². The molecule has 1 aromatic heterocycles. The van der Waals surface area contributed by atoms with E-state index in [1.807, 2.05) is 6.92 Å². The van der Waals surface area contributed by atoms with E-state index in [2.05, 4.69) is 20.6 Å². The molecule has 1 aromatic rings. The molecule has 0 aliphatic heterocycles. The summed E-state index contributed by atoms with van der Waals surface area (Å²) in [6.45, 7) is 6.41. The van der Waals surface area contributed by atoms with Crippen LogP contribution < -0.4 is 10.6 Å². The third-order valence-corrected chi connectivity index (χ3v) is 4.88. The van der Waals surface area contributed by atoms with Crippen molar-refractivity contribution in [1.29, 1.82) is 0 Å². The summed E-state index contributed by atoms with van der Waals surface area (Å²) in [7, 11) is -3.11. The van der Waals surface area contributed by atoms with Crippen molar-refractivity contribution >= 4 is 21.5 Å². The topological polar surface area (TPSA) is 84.0 Å². The summed E-state index contributed by atoms with van der Waals surface area (Å²) >= 11 is 0. The van der Waals surface area contributed by atoms with Crippen molar-refractivity contribution in [2.24, 2.45) is 0 Å². The third-order valence-electron chi connectivity index (χ3n) is 2.72. The van der Waals surface area contributed by atoms with Crippen LogP contribution in [0.5, 0.6) is 0 Å². The van der Waals surface area contributed by atoms with Crippen LogP contribution in [0.1, 0.15) is 20.8 Å². The molecule has 0 fully saturated rings. The second kappa shape index (κ2) is 5.51.